The van der Waals surface area contributed by atoms with Crippen LogP contribution in [0.25, 0.3) is 16.8 Å². The highest BCUT2D eigenvalue weighted by molar-refractivity contribution is 5.71. The Balaban J connectivity index is 1.23. The lowest BCUT2D eigenvalue weighted by atomic mass is 9.79. The van der Waals surface area contributed by atoms with Gasteiger partial charge < -0.3 is 19.6 Å². The van der Waals surface area contributed by atoms with E-state index in [-0.39, 0.29) is 17.8 Å². The van der Waals surface area contributed by atoms with Gasteiger partial charge in [0.1, 0.15) is 11.8 Å². The Morgan fingerprint density at radius 3 is 2.68 bits per heavy atom. The summed E-state index contributed by atoms with van der Waals surface area (Å²) in [5.74, 6) is -1.71. The number of imidazole rings is 1. The van der Waals surface area contributed by atoms with Crippen LogP contribution in [0.2, 0.25) is 0 Å². The third-order valence-corrected chi connectivity index (χ3v) is 8.98. The van der Waals surface area contributed by atoms with Gasteiger partial charge in [0.25, 0.3) is 0 Å². The number of hydrogen-bond donors (Lipinski definition) is 2. The van der Waals surface area contributed by atoms with E-state index in [1.807, 2.05) is 55.0 Å². The first kappa shape index (κ1) is 29.9. The van der Waals surface area contributed by atoms with Crippen molar-refractivity contribution in [1.82, 2.24) is 29.5 Å². The largest absolute Gasteiger partial charge is 0.489 e. The molecule has 44 heavy (non-hydrogen) atoms. The molecule has 2 N–H and O–H groups in total. The second kappa shape index (κ2) is 12.1. The molecule has 1 fully saturated rings. The standard InChI is InChI=1S/C34H38F2N6O2/c1-21-26(31(40-41(21)4)33(43)34(2,3)24-8-9-24)13-15-44-32-27(10-11-28(35)30(32)36)23-7-12-29-39-19-25(42(29)20-23)18-38-17-22-6-5-14-37-16-22/h5-7,10-12,14,16,19-20,24,33,38,43H,8-9,13,15,17-18H2,1-4H3. The van der Waals surface area contributed by atoms with Gasteiger partial charge in [0.2, 0.25) is 5.82 Å². The molecule has 1 aliphatic carbocycles. The van der Waals surface area contributed by atoms with Crippen molar-refractivity contribution in [3.8, 4) is 16.9 Å². The number of aryl methyl sites for hydroxylation is 1. The third-order valence-electron chi connectivity index (χ3n) is 8.98. The molecule has 0 bridgehead atoms. The molecule has 8 nitrogen and oxygen atoms in total. The van der Waals surface area contributed by atoms with Crippen molar-refractivity contribution in [2.45, 2.75) is 59.2 Å². The van der Waals surface area contributed by atoms with Gasteiger partial charge in [0.15, 0.2) is 11.6 Å². The van der Waals surface area contributed by atoms with Crippen LogP contribution in [0, 0.1) is 29.9 Å². The molecule has 10 heteroatoms. The number of fused-ring (bicyclic) bond motifs is 1. The summed E-state index contributed by atoms with van der Waals surface area (Å²) in [4.78, 5) is 8.65. The zero-order chi connectivity index (χ0) is 31.0. The molecule has 230 valence electrons. The highest BCUT2D eigenvalue weighted by Gasteiger charge is 2.45. The molecule has 1 aromatic carbocycles. The van der Waals surface area contributed by atoms with E-state index in [9.17, 15) is 9.50 Å². The quantitative estimate of drug-likeness (QED) is 0.180. The summed E-state index contributed by atoms with van der Waals surface area (Å²) in [6, 6.07) is 10.2. The number of ether oxygens (including phenoxy) is 1. The topological polar surface area (TPSA) is 89.5 Å². The number of benzene rings is 1. The number of hydrogen-bond acceptors (Lipinski definition) is 6. The summed E-state index contributed by atoms with van der Waals surface area (Å²) >= 11 is 0. The first-order valence-corrected chi connectivity index (χ1v) is 15.0. The Labute approximate surface area is 255 Å². The van der Waals surface area contributed by atoms with Gasteiger partial charge in [-0.1, -0.05) is 19.9 Å². The van der Waals surface area contributed by atoms with Crippen molar-refractivity contribution in [3.63, 3.8) is 0 Å². The Morgan fingerprint density at radius 1 is 1.11 bits per heavy atom. The molecule has 0 spiro atoms. The van der Waals surface area contributed by atoms with Crippen LogP contribution in [0.4, 0.5) is 8.78 Å². The molecule has 0 saturated heterocycles. The summed E-state index contributed by atoms with van der Waals surface area (Å²) in [5, 5.41) is 19.4. The van der Waals surface area contributed by atoms with E-state index in [1.54, 1.807) is 17.1 Å². The van der Waals surface area contributed by atoms with Gasteiger partial charge in [0.05, 0.1) is 24.2 Å². The minimum atomic E-state index is -1.04. The number of nitrogens with one attached hydrogen (secondary N) is 1. The van der Waals surface area contributed by atoms with Crippen LogP contribution >= 0.6 is 0 Å². The molecular weight excluding hydrogens is 562 g/mol. The fraction of sp³-hybridized carbons (Fsp3) is 0.382. The van der Waals surface area contributed by atoms with E-state index in [1.165, 1.54) is 6.07 Å². The normalized spacial score (nSPS) is 14.3. The molecule has 1 aliphatic rings. The number of aromatic nitrogens is 5. The van der Waals surface area contributed by atoms with E-state index in [2.05, 4.69) is 34.2 Å². The maximum Gasteiger partial charge on any atom is 0.201 e. The predicted octanol–water partition coefficient (Wildman–Crippen LogP) is 6.10. The lowest BCUT2D eigenvalue weighted by Gasteiger charge is -2.30. The van der Waals surface area contributed by atoms with Crippen LogP contribution in [0.3, 0.4) is 0 Å². The zero-order valence-electron chi connectivity index (χ0n) is 25.5. The summed E-state index contributed by atoms with van der Waals surface area (Å²) in [7, 11) is 1.85. The molecular formula is C34H38F2N6O2. The maximum absolute atomic E-state index is 15.3. The van der Waals surface area contributed by atoms with Crippen molar-refractivity contribution < 1.29 is 18.6 Å². The zero-order valence-corrected chi connectivity index (χ0v) is 25.5. The monoisotopic (exact) mass is 600 g/mol. The fourth-order valence-corrected chi connectivity index (χ4v) is 5.92. The van der Waals surface area contributed by atoms with Gasteiger partial charge in [-0.3, -0.25) is 9.67 Å². The molecule has 5 aromatic rings. The van der Waals surface area contributed by atoms with E-state index >= 15 is 4.39 Å². The fourth-order valence-electron chi connectivity index (χ4n) is 5.92. The van der Waals surface area contributed by atoms with E-state index in [4.69, 9.17) is 4.74 Å². The molecule has 6 rings (SSSR count). The van der Waals surface area contributed by atoms with Crippen LogP contribution in [0.15, 0.2) is 61.2 Å². The number of aliphatic hydroxyl groups excluding tert-OH is 1. The van der Waals surface area contributed by atoms with Crippen LogP contribution in [0.1, 0.15) is 61.0 Å². The summed E-state index contributed by atoms with van der Waals surface area (Å²) < 4.78 is 39.5. The van der Waals surface area contributed by atoms with Crippen LogP contribution in [-0.2, 0) is 26.6 Å². The number of pyridine rings is 2. The van der Waals surface area contributed by atoms with E-state index in [0.29, 0.717) is 42.2 Å². The minimum Gasteiger partial charge on any atom is -0.489 e. The Bertz CT molecular complexity index is 1780. The molecule has 1 atom stereocenters. The first-order chi connectivity index (χ1) is 21.1. The van der Waals surface area contributed by atoms with Gasteiger partial charge in [-0.05, 0) is 67.0 Å². The van der Waals surface area contributed by atoms with Crippen molar-refractivity contribution >= 4 is 5.65 Å². The highest BCUT2D eigenvalue weighted by atomic mass is 19.2. The van der Waals surface area contributed by atoms with Crippen molar-refractivity contribution in [2.24, 2.45) is 18.4 Å². The second-order valence-corrected chi connectivity index (χ2v) is 12.3. The number of aliphatic hydroxyl groups is 1. The Hall–Kier alpha value is -4.15. The molecule has 4 heterocycles. The summed E-state index contributed by atoms with van der Waals surface area (Å²) in [6.45, 7) is 7.38. The first-order valence-electron chi connectivity index (χ1n) is 15.0. The maximum atomic E-state index is 15.3. The van der Waals surface area contributed by atoms with Gasteiger partial charge in [0, 0.05) is 67.5 Å². The average molecular weight is 601 g/mol. The highest BCUT2D eigenvalue weighted by Crippen LogP contribution is 2.52. The summed E-state index contributed by atoms with van der Waals surface area (Å²) in [5.41, 5.74) is 5.93. The molecule has 0 radical (unpaired) electrons. The smallest absolute Gasteiger partial charge is 0.201 e. The van der Waals surface area contributed by atoms with Crippen molar-refractivity contribution in [1.29, 1.82) is 0 Å². The molecule has 1 unspecified atom stereocenters. The minimum absolute atomic E-state index is 0.0836. The molecule has 1 saturated carbocycles. The second-order valence-electron chi connectivity index (χ2n) is 12.3. The van der Waals surface area contributed by atoms with Crippen LogP contribution in [0.5, 0.6) is 5.75 Å². The SMILES string of the molecule is Cc1c(CCOc2c(-c3ccc4ncc(CNCc5cccnc5)n4c3)ccc(F)c2F)c(C(O)C(C)(C)C2CC2)nn1C. The number of rotatable bonds is 12. The van der Waals surface area contributed by atoms with Crippen molar-refractivity contribution in [2.75, 3.05) is 6.61 Å². The van der Waals surface area contributed by atoms with Crippen LogP contribution in [-0.4, -0.2) is 35.9 Å². The predicted molar refractivity (Wildman–Crippen MR) is 164 cm³/mol. The average Bonchev–Trinajstić information content (AvgIpc) is 3.76. The van der Waals surface area contributed by atoms with E-state index < -0.39 is 17.7 Å². The third kappa shape index (κ3) is 5.84. The lowest BCUT2D eigenvalue weighted by molar-refractivity contribution is 0.0285. The van der Waals surface area contributed by atoms with Crippen LogP contribution < -0.4 is 10.1 Å². The van der Waals surface area contributed by atoms with Gasteiger partial charge in [-0.2, -0.15) is 9.49 Å². The number of halogens is 2. The van der Waals surface area contributed by atoms with Gasteiger partial charge in [-0.25, -0.2) is 9.37 Å². The molecule has 4 aromatic heterocycles. The molecule has 0 aliphatic heterocycles. The Morgan fingerprint density at radius 2 is 1.93 bits per heavy atom. The molecule has 0 amide bonds. The van der Waals surface area contributed by atoms with E-state index in [0.717, 1.165) is 47.1 Å². The lowest BCUT2D eigenvalue weighted by Crippen LogP contribution is -2.26. The number of nitrogens with zero attached hydrogens (tertiary/aromatic N) is 5. The summed E-state index contributed by atoms with van der Waals surface area (Å²) in [6.07, 6.45) is 9.07. The van der Waals surface area contributed by atoms with Gasteiger partial charge >= 0.3 is 0 Å². The van der Waals surface area contributed by atoms with Gasteiger partial charge in [-0.15, -0.1) is 0 Å². The Kier molecular flexibility index (Phi) is 8.22. The van der Waals surface area contributed by atoms with Crippen molar-refractivity contribution in [3.05, 3.63) is 101 Å².